The number of benzene rings is 1. The van der Waals surface area contributed by atoms with Gasteiger partial charge in [0.05, 0.1) is 15.9 Å². The highest BCUT2D eigenvalue weighted by Crippen LogP contribution is 2.28. The van der Waals surface area contributed by atoms with E-state index in [1.54, 1.807) is 14.1 Å². The van der Waals surface area contributed by atoms with Crippen LogP contribution >= 0.6 is 0 Å². The molecule has 0 aliphatic rings. The molecule has 0 saturated carbocycles. The summed E-state index contributed by atoms with van der Waals surface area (Å²) >= 11 is 0. The number of nitro benzene ring substituents is 2. The molecule has 0 aromatic heterocycles. The van der Waals surface area contributed by atoms with Gasteiger partial charge >= 0.3 is 0 Å². The predicted octanol–water partition coefficient (Wildman–Crippen LogP) is 1.39. The fourth-order valence-electron chi connectivity index (χ4n) is 1.46. The molecule has 0 atom stereocenters. The van der Waals surface area contributed by atoms with E-state index in [2.05, 4.69) is 5.32 Å². The predicted molar refractivity (Wildman–Crippen MR) is 71.6 cm³/mol. The highest BCUT2D eigenvalue weighted by atomic mass is 16.6. The molecule has 0 spiro atoms. The number of anilines is 1. The minimum Gasteiger partial charge on any atom is -0.379 e. The van der Waals surface area contributed by atoms with Crippen molar-refractivity contribution in [2.45, 2.75) is 6.42 Å². The van der Waals surface area contributed by atoms with E-state index in [1.807, 2.05) is 0 Å². The summed E-state index contributed by atoms with van der Waals surface area (Å²) in [6.07, 6.45) is 0.168. The first-order valence-corrected chi connectivity index (χ1v) is 5.69. The second-order valence-corrected chi connectivity index (χ2v) is 4.18. The number of nitrogens with one attached hydrogen (secondary N) is 1. The molecule has 0 saturated heterocycles. The van der Waals surface area contributed by atoms with E-state index in [0.29, 0.717) is 0 Å². The van der Waals surface area contributed by atoms with E-state index >= 15 is 0 Å². The van der Waals surface area contributed by atoms with Gasteiger partial charge < -0.3 is 10.2 Å². The van der Waals surface area contributed by atoms with E-state index in [-0.39, 0.29) is 30.2 Å². The molecule has 0 unspecified atom stereocenters. The lowest BCUT2D eigenvalue weighted by molar-refractivity contribution is -0.393. The van der Waals surface area contributed by atoms with Gasteiger partial charge in [-0.3, -0.25) is 25.0 Å². The van der Waals surface area contributed by atoms with Gasteiger partial charge in [-0.1, -0.05) is 0 Å². The van der Waals surface area contributed by atoms with Crippen LogP contribution in [-0.4, -0.2) is 41.3 Å². The Hall–Kier alpha value is -2.71. The Morgan fingerprint density at radius 1 is 1.25 bits per heavy atom. The Bertz CT molecular complexity index is 544. The molecular formula is C11H14N4O5. The van der Waals surface area contributed by atoms with Gasteiger partial charge in [-0.2, -0.15) is 0 Å². The van der Waals surface area contributed by atoms with Crippen LogP contribution in [0.3, 0.4) is 0 Å². The van der Waals surface area contributed by atoms with Crippen molar-refractivity contribution < 1.29 is 14.6 Å². The lowest BCUT2D eigenvalue weighted by Crippen LogP contribution is -2.24. The van der Waals surface area contributed by atoms with Crippen LogP contribution in [0.5, 0.6) is 0 Å². The summed E-state index contributed by atoms with van der Waals surface area (Å²) < 4.78 is 0. The standard InChI is InChI=1S/C11H14N4O5/c1-13(2)11(16)5-6-12-9-4-3-8(14(17)18)7-10(9)15(19)20/h3-4,7,12H,5-6H2,1-2H3. The number of nitro groups is 2. The molecular weight excluding hydrogens is 268 g/mol. The molecule has 0 aliphatic heterocycles. The maximum absolute atomic E-state index is 11.4. The first-order chi connectivity index (χ1) is 9.32. The van der Waals surface area contributed by atoms with Gasteiger partial charge in [-0.15, -0.1) is 0 Å². The summed E-state index contributed by atoms with van der Waals surface area (Å²) in [6, 6.07) is 3.32. The van der Waals surface area contributed by atoms with Crippen LogP contribution in [0.15, 0.2) is 18.2 Å². The quantitative estimate of drug-likeness (QED) is 0.622. The molecule has 1 aromatic rings. The summed E-state index contributed by atoms with van der Waals surface area (Å²) in [6.45, 7) is 0.204. The zero-order chi connectivity index (χ0) is 15.3. The van der Waals surface area contributed by atoms with E-state index in [1.165, 1.54) is 17.0 Å². The van der Waals surface area contributed by atoms with E-state index in [0.717, 1.165) is 6.07 Å². The number of rotatable bonds is 6. The van der Waals surface area contributed by atoms with Gasteiger partial charge in [0, 0.05) is 33.1 Å². The zero-order valence-electron chi connectivity index (χ0n) is 11.0. The van der Waals surface area contributed by atoms with Crippen LogP contribution in [0.25, 0.3) is 0 Å². The van der Waals surface area contributed by atoms with Crippen LogP contribution in [-0.2, 0) is 4.79 Å². The Morgan fingerprint density at radius 2 is 1.90 bits per heavy atom. The molecule has 0 bridgehead atoms. The summed E-state index contributed by atoms with van der Waals surface area (Å²) in [5, 5.41) is 24.2. The van der Waals surface area contributed by atoms with Crippen molar-refractivity contribution >= 4 is 23.0 Å². The minimum atomic E-state index is -0.705. The number of hydrogen-bond donors (Lipinski definition) is 1. The minimum absolute atomic E-state index is 0.123. The SMILES string of the molecule is CN(C)C(=O)CCNc1ccc([N+](=O)[O-])cc1[N+](=O)[O-]. The maximum Gasteiger partial charge on any atom is 0.299 e. The van der Waals surface area contributed by atoms with Crippen LogP contribution < -0.4 is 5.32 Å². The lowest BCUT2D eigenvalue weighted by Gasteiger charge is -2.11. The fourth-order valence-corrected chi connectivity index (χ4v) is 1.46. The Morgan fingerprint density at radius 3 is 2.40 bits per heavy atom. The Labute approximate surface area is 114 Å². The molecule has 0 heterocycles. The van der Waals surface area contributed by atoms with Crippen molar-refractivity contribution in [3.05, 3.63) is 38.4 Å². The third kappa shape index (κ3) is 3.90. The van der Waals surface area contributed by atoms with Gasteiger partial charge in [0.15, 0.2) is 0 Å². The Balaban J connectivity index is 2.82. The van der Waals surface area contributed by atoms with Crippen molar-refractivity contribution in [3.63, 3.8) is 0 Å². The first-order valence-electron chi connectivity index (χ1n) is 5.69. The number of carbonyl (C=O) groups is 1. The van der Waals surface area contributed by atoms with Crippen LogP contribution in [0, 0.1) is 20.2 Å². The maximum atomic E-state index is 11.4. The van der Waals surface area contributed by atoms with Gasteiger partial charge in [0.1, 0.15) is 5.69 Å². The van der Waals surface area contributed by atoms with Crippen molar-refractivity contribution in [1.82, 2.24) is 4.90 Å². The number of non-ortho nitro benzene ring substituents is 1. The second-order valence-electron chi connectivity index (χ2n) is 4.18. The highest BCUT2D eigenvalue weighted by Gasteiger charge is 2.19. The molecule has 9 heteroatoms. The largest absolute Gasteiger partial charge is 0.379 e. The van der Waals surface area contributed by atoms with E-state index < -0.39 is 15.5 Å². The van der Waals surface area contributed by atoms with Crippen molar-refractivity contribution in [1.29, 1.82) is 0 Å². The molecule has 1 aromatic carbocycles. The summed E-state index contributed by atoms with van der Waals surface area (Å²) in [4.78, 5) is 32.8. The average molecular weight is 282 g/mol. The molecule has 0 radical (unpaired) electrons. The first kappa shape index (κ1) is 15.3. The third-order valence-electron chi connectivity index (χ3n) is 2.54. The smallest absolute Gasteiger partial charge is 0.299 e. The number of nitrogens with zero attached hydrogens (tertiary/aromatic N) is 3. The van der Waals surface area contributed by atoms with Crippen molar-refractivity contribution in [2.75, 3.05) is 26.0 Å². The molecule has 1 amide bonds. The van der Waals surface area contributed by atoms with Gasteiger partial charge in [-0.25, -0.2) is 0 Å². The molecule has 0 aliphatic carbocycles. The molecule has 1 N–H and O–H groups in total. The molecule has 20 heavy (non-hydrogen) atoms. The Kier molecular flexibility index (Phi) is 4.95. The van der Waals surface area contributed by atoms with Gasteiger partial charge in [-0.05, 0) is 6.07 Å². The monoisotopic (exact) mass is 282 g/mol. The lowest BCUT2D eigenvalue weighted by atomic mass is 10.2. The van der Waals surface area contributed by atoms with E-state index in [9.17, 15) is 25.0 Å². The summed E-state index contributed by atoms with van der Waals surface area (Å²) in [5.41, 5.74) is -0.602. The molecule has 1 rings (SSSR count). The number of hydrogen-bond acceptors (Lipinski definition) is 6. The number of carbonyl (C=O) groups excluding carboxylic acids is 1. The summed E-state index contributed by atoms with van der Waals surface area (Å²) in [7, 11) is 3.22. The van der Waals surface area contributed by atoms with Crippen LogP contribution in [0.2, 0.25) is 0 Å². The fraction of sp³-hybridized carbons (Fsp3) is 0.364. The van der Waals surface area contributed by atoms with E-state index in [4.69, 9.17) is 0 Å². The molecule has 0 fully saturated rings. The molecule has 108 valence electrons. The highest BCUT2D eigenvalue weighted by molar-refractivity contribution is 5.76. The van der Waals surface area contributed by atoms with Gasteiger partial charge in [0.25, 0.3) is 11.4 Å². The molecule has 9 nitrogen and oxygen atoms in total. The topological polar surface area (TPSA) is 119 Å². The zero-order valence-corrected chi connectivity index (χ0v) is 11.0. The summed E-state index contributed by atoms with van der Waals surface area (Å²) in [5.74, 6) is -0.123. The number of amides is 1. The van der Waals surface area contributed by atoms with Crippen LogP contribution in [0.1, 0.15) is 6.42 Å². The van der Waals surface area contributed by atoms with Crippen molar-refractivity contribution in [3.8, 4) is 0 Å². The van der Waals surface area contributed by atoms with Crippen LogP contribution in [0.4, 0.5) is 17.1 Å². The second kappa shape index (κ2) is 6.45. The van der Waals surface area contributed by atoms with Crippen molar-refractivity contribution in [2.24, 2.45) is 0 Å². The van der Waals surface area contributed by atoms with Gasteiger partial charge in [0.2, 0.25) is 5.91 Å². The third-order valence-corrected chi connectivity index (χ3v) is 2.54. The normalized spacial score (nSPS) is 9.90. The average Bonchev–Trinajstić information content (AvgIpc) is 2.38.